The van der Waals surface area contributed by atoms with Gasteiger partial charge in [-0.3, -0.25) is 19.5 Å². The van der Waals surface area contributed by atoms with Crippen LogP contribution in [0.25, 0.3) is 0 Å². The third-order valence-corrected chi connectivity index (χ3v) is 5.34. The molecular weight excluding hydrogens is 370 g/mol. The first kappa shape index (κ1) is 20.8. The highest BCUT2D eigenvalue weighted by Gasteiger charge is 2.29. The zero-order chi connectivity index (χ0) is 20.8. The van der Waals surface area contributed by atoms with Gasteiger partial charge in [0.25, 0.3) is 0 Å². The quantitative estimate of drug-likeness (QED) is 0.669. The zero-order valence-corrected chi connectivity index (χ0v) is 17.1. The maximum absolute atomic E-state index is 12.7. The van der Waals surface area contributed by atoms with Crippen molar-refractivity contribution in [3.8, 4) is 11.5 Å². The molecule has 1 unspecified atom stereocenters. The van der Waals surface area contributed by atoms with Crippen molar-refractivity contribution >= 4 is 11.7 Å². The number of ether oxygens (including phenoxy) is 2. The largest absolute Gasteiger partial charge is 0.493 e. The number of likely N-dealkylation sites (N-methyl/N-ethyl adjacent to an activating group) is 1. The van der Waals surface area contributed by atoms with E-state index in [1.807, 2.05) is 23.1 Å². The molecule has 0 bridgehead atoms. The van der Waals surface area contributed by atoms with Gasteiger partial charge in [-0.15, -0.1) is 0 Å². The number of hydrogen-bond donors (Lipinski definition) is 0. The van der Waals surface area contributed by atoms with Crippen molar-refractivity contribution in [3.63, 3.8) is 0 Å². The van der Waals surface area contributed by atoms with Gasteiger partial charge in [0.1, 0.15) is 0 Å². The van der Waals surface area contributed by atoms with Crippen molar-refractivity contribution in [1.82, 2.24) is 14.8 Å². The zero-order valence-electron chi connectivity index (χ0n) is 17.1. The van der Waals surface area contributed by atoms with Crippen LogP contribution < -0.4 is 9.47 Å². The molecule has 0 spiro atoms. The van der Waals surface area contributed by atoms with E-state index in [2.05, 4.69) is 16.9 Å². The Morgan fingerprint density at radius 1 is 1.10 bits per heavy atom. The van der Waals surface area contributed by atoms with Crippen LogP contribution in [0.3, 0.4) is 0 Å². The number of hydrogen-bond acceptors (Lipinski definition) is 6. The summed E-state index contributed by atoms with van der Waals surface area (Å²) in [7, 11) is 5.27. The Bertz CT molecular complexity index is 856. The first-order chi connectivity index (χ1) is 14.0. The van der Waals surface area contributed by atoms with E-state index in [1.165, 1.54) is 6.20 Å². The average molecular weight is 397 g/mol. The van der Waals surface area contributed by atoms with Gasteiger partial charge in [-0.2, -0.15) is 0 Å². The summed E-state index contributed by atoms with van der Waals surface area (Å²) in [6.07, 6.45) is 3.56. The summed E-state index contributed by atoms with van der Waals surface area (Å²) < 4.78 is 10.7. The lowest BCUT2D eigenvalue weighted by Crippen LogP contribution is -2.49. The van der Waals surface area contributed by atoms with Crippen LogP contribution in [0, 0.1) is 0 Å². The van der Waals surface area contributed by atoms with Crippen LogP contribution in [-0.2, 0) is 4.79 Å². The summed E-state index contributed by atoms with van der Waals surface area (Å²) in [5.41, 5.74) is 1.61. The lowest BCUT2D eigenvalue weighted by Gasteiger charge is -2.40. The highest BCUT2D eigenvalue weighted by atomic mass is 16.5. The van der Waals surface area contributed by atoms with Gasteiger partial charge in [0.15, 0.2) is 17.3 Å². The fraction of sp³-hybridized carbons (Fsp3) is 0.409. The number of benzene rings is 1. The number of carbonyl (C=O) groups is 2. The molecule has 1 aromatic heterocycles. The van der Waals surface area contributed by atoms with E-state index in [9.17, 15) is 9.59 Å². The van der Waals surface area contributed by atoms with Gasteiger partial charge in [-0.25, -0.2) is 0 Å². The Hall–Kier alpha value is -2.93. The molecule has 1 aliphatic rings. The predicted molar refractivity (Wildman–Crippen MR) is 109 cm³/mol. The topological polar surface area (TPSA) is 72.0 Å². The van der Waals surface area contributed by atoms with Gasteiger partial charge in [-0.05, 0) is 36.9 Å². The second-order valence-corrected chi connectivity index (χ2v) is 7.12. The number of Topliss-reactive ketones (excluding diaryl/α,β-unsaturated/α-hetero) is 1. The van der Waals surface area contributed by atoms with Crippen LogP contribution in [0.2, 0.25) is 0 Å². The van der Waals surface area contributed by atoms with E-state index in [1.54, 1.807) is 32.5 Å². The van der Waals surface area contributed by atoms with Crippen molar-refractivity contribution < 1.29 is 19.1 Å². The molecule has 154 valence electrons. The van der Waals surface area contributed by atoms with Crippen LogP contribution in [0.1, 0.15) is 34.8 Å². The molecule has 1 fully saturated rings. The molecule has 0 radical (unpaired) electrons. The minimum Gasteiger partial charge on any atom is -0.493 e. The minimum atomic E-state index is -0.0583. The molecule has 1 aliphatic heterocycles. The summed E-state index contributed by atoms with van der Waals surface area (Å²) in [6, 6.07) is 9.35. The van der Waals surface area contributed by atoms with E-state index in [4.69, 9.17) is 9.47 Å². The van der Waals surface area contributed by atoms with Crippen molar-refractivity contribution in [2.45, 2.75) is 18.9 Å². The minimum absolute atomic E-state index is 0.000756. The maximum Gasteiger partial charge on any atom is 0.223 e. The summed E-state index contributed by atoms with van der Waals surface area (Å²) in [5, 5.41) is 0. The summed E-state index contributed by atoms with van der Waals surface area (Å²) in [4.78, 5) is 33.0. The molecule has 7 nitrogen and oxygen atoms in total. The number of piperazine rings is 1. The summed E-state index contributed by atoms with van der Waals surface area (Å²) in [6.45, 7) is 1.99. The van der Waals surface area contributed by atoms with Crippen LogP contribution in [0.15, 0.2) is 42.7 Å². The first-order valence-corrected chi connectivity index (χ1v) is 9.66. The number of rotatable bonds is 7. The Balaban J connectivity index is 1.64. The van der Waals surface area contributed by atoms with Crippen LogP contribution in [0.5, 0.6) is 11.5 Å². The molecule has 29 heavy (non-hydrogen) atoms. The fourth-order valence-electron chi connectivity index (χ4n) is 3.57. The highest BCUT2D eigenvalue weighted by Crippen LogP contribution is 2.33. The molecule has 2 aromatic rings. The van der Waals surface area contributed by atoms with Gasteiger partial charge >= 0.3 is 0 Å². The molecular formula is C22H27N3O4. The second kappa shape index (κ2) is 9.52. The van der Waals surface area contributed by atoms with Gasteiger partial charge < -0.3 is 14.4 Å². The number of nitrogens with zero attached hydrogens (tertiary/aromatic N) is 3. The number of carbonyl (C=O) groups excluding carboxylic acids is 2. The normalized spacial score (nSPS) is 17.1. The number of methoxy groups -OCH3 is 2. The van der Waals surface area contributed by atoms with E-state index >= 15 is 0 Å². The van der Waals surface area contributed by atoms with Crippen LogP contribution >= 0.6 is 0 Å². The molecule has 2 heterocycles. The first-order valence-electron chi connectivity index (χ1n) is 9.66. The molecule has 3 rings (SSSR count). The molecule has 1 atom stereocenters. The monoisotopic (exact) mass is 397 g/mol. The Kier molecular flexibility index (Phi) is 6.82. The second-order valence-electron chi connectivity index (χ2n) is 7.12. The third kappa shape index (κ3) is 4.92. The molecule has 0 aliphatic carbocycles. The standard InChI is InChI=1S/C22H27N3O4/c1-24-11-12-25(22(27)9-7-19(26)17-5-4-10-23-14-17)15-18(24)16-6-8-20(28-2)21(13-16)29-3/h4-6,8,10,13-14,18H,7,9,11-12,15H2,1-3H3. The summed E-state index contributed by atoms with van der Waals surface area (Å²) >= 11 is 0. The van der Waals surface area contributed by atoms with Crippen molar-refractivity contribution in [1.29, 1.82) is 0 Å². The smallest absolute Gasteiger partial charge is 0.223 e. The molecule has 0 saturated carbocycles. The van der Waals surface area contributed by atoms with Gasteiger partial charge in [0.2, 0.25) is 5.91 Å². The highest BCUT2D eigenvalue weighted by molar-refractivity contribution is 5.97. The number of pyridine rings is 1. The van der Waals surface area contributed by atoms with Gasteiger partial charge in [0.05, 0.1) is 20.3 Å². The van der Waals surface area contributed by atoms with E-state index in [0.717, 1.165) is 12.1 Å². The van der Waals surface area contributed by atoms with Gasteiger partial charge in [-0.1, -0.05) is 6.07 Å². The van der Waals surface area contributed by atoms with Crippen molar-refractivity contribution in [2.75, 3.05) is 40.9 Å². The Morgan fingerprint density at radius 2 is 1.90 bits per heavy atom. The van der Waals surface area contributed by atoms with Gasteiger partial charge in [0, 0.05) is 50.4 Å². The average Bonchev–Trinajstić information content (AvgIpc) is 2.77. The molecule has 0 N–H and O–H groups in total. The van der Waals surface area contributed by atoms with Crippen LogP contribution in [-0.4, -0.2) is 67.4 Å². The predicted octanol–water partition coefficient (Wildman–Crippen LogP) is 2.58. The van der Waals surface area contributed by atoms with Crippen molar-refractivity contribution in [3.05, 3.63) is 53.9 Å². The van der Waals surface area contributed by atoms with Crippen LogP contribution in [0.4, 0.5) is 0 Å². The lowest BCUT2D eigenvalue weighted by molar-refractivity contribution is -0.134. The van der Waals surface area contributed by atoms with E-state index in [0.29, 0.717) is 30.2 Å². The number of amides is 1. The van der Waals surface area contributed by atoms with E-state index in [-0.39, 0.29) is 30.6 Å². The molecule has 1 aromatic carbocycles. The molecule has 1 amide bonds. The van der Waals surface area contributed by atoms with Crippen molar-refractivity contribution in [2.24, 2.45) is 0 Å². The maximum atomic E-state index is 12.7. The Labute approximate surface area is 171 Å². The summed E-state index contributed by atoms with van der Waals surface area (Å²) in [5.74, 6) is 1.29. The third-order valence-electron chi connectivity index (χ3n) is 5.34. The fourth-order valence-corrected chi connectivity index (χ4v) is 3.57. The number of aromatic nitrogens is 1. The lowest BCUT2D eigenvalue weighted by atomic mass is 10.0. The van der Waals surface area contributed by atoms with E-state index < -0.39 is 0 Å². The molecule has 1 saturated heterocycles. The molecule has 7 heteroatoms. The number of ketones is 1. The Morgan fingerprint density at radius 3 is 2.59 bits per heavy atom. The SMILES string of the molecule is COc1ccc(C2CN(C(=O)CCC(=O)c3cccnc3)CCN2C)cc1OC.